The molecule has 0 saturated heterocycles. The van der Waals surface area contributed by atoms with Crippen molar-refractivity contribution < 1.29 is 17.9 Å². The summed E-state index contributed by atoms with van der Waals surface area (Å²) < 4.78 is 40.3. The van der Waals surface area contributed by atoms with Crippen LogP contribution in [-0.4, -0.2) is 13.3 Å². The van der Waals surface area contributed by atoms with Crippen molar-refractivity contribution >= 4 is 11.8 Å². The Morgan fingerprint density at radius 1 is 1.33 bits per heavy atom. The fourth-order valence-corrected chi connectivity index (χ4v) is 1.59. The topological polar surface area (TPSA) is 9.23 Å². The van der Waals surface area contributed by atoms with Crippen LogP contribution >= 0.6 is 11.8 Å². The minimum Gasteiger partial charge on any atom is -0.497 e. The maximum absolute atomic E-state index is 11.8. The molecule has 15 heavy (non-hydrogen) atoms. The summed E-state index contributed by atoms with van der Waals surface area (Å²) in [4.78, 5) is 0.704. The Morgan fingerprint density at radius 3 is 2.67 bits per heavy atom. The van der Waals surface area contributed by atoms with Gasteiger partial charge < -0.3 is 4.74 Å². The molecule has 82 valence electrons. The van der Waals surface area contributed by atoms with Crippen LogP contribution in [0.2, 0.25) is 0 Å². The molecule has 1 rings (SSSR count). The second kappa shape index (κ2) is 5.11. The number of allylic oxidation sites excluding steroid dienone is 1. The van der Waals surface area contributed by atoms with Crippen molar-refractivity contribution in [1.82, 2.24) is 0 Å². The minimum absolute atomic E-state index is 0.205. The third kappa shape index (κ3) is 4.78. The Bertz CT molecular complexity index is 347. The fourth-order valence-electron chi connectivity index (χ4n) is 0.864. The zero-order chi connectivity index (χ0) is 11.3. The quantitative estimate of drug-likeness (QED) is 0.734. The van der Waals surface area contributed by atoms with Gasteiger partial charge >= 0.3 is 6.18 Å². The van der Waals surface area contributed by atoms with E-state index < -0.39 is 6.18 Å². The van der Waals surface area contributed by atoms with E-state index in [-0.39, 0.29) is 6.08 Å². The van der Waals surface area contributed by atoms with Crippen molar-refractivity contribution in [3.63, 3.8) is 0 Å². The van der Waals surface area contributed by atoms with Gasteiger partial charge in [-0.15, -0.1) is 0 Å². The maximum atomic E-state index is 11.8. The van der Waals surface area contributed by atoms with Crippen molar-refractivity contribution in [2.75, 3.05) is 7.11 Å². The first-order valence-corrected chi connectivity index (χ1v) is 4.94. The Hall–Kier alpha value is -1.10. The normalized spacial score (nSPS) is 12.0. The highest BCUT2D eigenvalue weighted by Crippen LogP contribution is 2.26. The van der Waals surface area contributed by atoms with Gasteiger partial charge in [0.05, 0.1) is 7.11 Å². The average molecular weight is 234 g/mol. The first kappa shape index (κ1) is 12.0. The molecule has 0 spiro atoms. The standard InChI is InChI=1S/C10H9F3OS/c1-14-8-3-2-4-9(7-8)15-6-5-10(11,12)13/h2-7H,1H3/b6-5+. The predicted octanol–water partition coefficient (Wildman–Crippen LogP) is 3.86. The second-order valence-corrected chi connectivity index (χ2v) is 3.62. The molecule has 0 atom stereocenters. The third-order valence-corrected chi connectivity index (χ3v) is 2.30. The van der Waals surface area contributed by atoms with Crippen molar-refractivity contribution in [3.05, 3.63) is 35.7 Å². The molecule has 0 N–H and O–H groups in total. The van der Waals surface area contributed by atoms with Gasteiger partial charge in [0, 0.05) is 11.0 Å². The SMILES string of the molecule is COc1cccc(S/C=C/C(F)(F)F)c1. The highest BCUT2D eigenvalue weighted by molar-refractivity contribution is 8.02. The second-order valence-electron chi connectivity index (χ2n) is 2.64. The molecule has 0 heterocycles. The number of ether oxygens (including phenoxy) is 1. The summed E-state index contributed by atoms with van der Waals surface area (Å²) in [6.07, 6.45) is -4.05. The van der Waals surface area contributed by atoms with E-state index in [2.05, 4.69) is 0 Å². The Balaban J connectivity index is 2.61. The summed E-state index contributed by atoms with van der Waals surface area (Å²) in [5, 5.41) is 1.01. The van der Waals surface area contributed by atoms with Crippen LogP contribution in [0.1, 0.15) is 0 Å². The van der Waals surface area contributed by atoms with Crippen molar-refractivity contribution in [1.29, 1.82) is 0 Å². The van der Waals surface area contributed by atoms with E-state index in [1.807, 2.05) is 0 Å². The van der Waals surface area contributed by atoms with Gasteiger partial charge in [0.1, 0.15) is 5.75 Å². The van der Waals surface area contributed by atoms with E-state index in [9.17, 15) is 13.2 Å². The molecular weight excluding hydrogens is 225 g/mol. The third-order valence-electron chi connectivity index (χ3n) is 1.50. The Labute approximate surface area is 89.9 Å². The molecule has 0 unspecified atom stereocenters. The molecule has 1 nitrogen and oxygen atoms in total. The molecule has 5 heteroatoms. The van der Waals surface area contributed by atoms with Crippen LogP contribution in [0, 0.1) is 0 Å². The van der Waals surface area contributed by atoms with Gasteiger partial charge in [-0.3, -0.25) is 0 Å². The number of thioether (sulfide) groups is 1. The minimum atomic E-state index is -4.26. The molecule has 0 aromatic heterocycles. The lowest BCUT2D eigenvalue weighted by molar-refractivity contribution is -0.0796. The molecule has 0 aliphatic rings. The maximum Gasteiger partial charge on any atom is 0.410 e. The number of benzene rings is 1. The van der Waals surface area contributed by atoms with Gasteiger partial charge in [0.2, 0.25) is 0 Å². The highest BCUT2D eigenvalue weighted by atomic mass is 32.2. The van der Waals surface area contributed by atoms with E-state index >= 15 is 0 Å². The molecule has 0 aliphatic heterocycles. The van der Waals surface area contributed by atoms with Gasteiger partial charge in [-0.1, -0.05) is 17.8 Å². The van der Waals surface area contributed by atoms with Crippen molar-refractivity contribution in [3.8, 4) is 5.75 Å². The molecule has 1 aromatic rings. The van der Waals surface area contributed by atoms with Gasteiger partial charge in [-0.25, -0.2) is 0 Å². The molecule has 0 saturated carbocycles. The number of rotatable bonds is 3. The largest absolute Gasteiger partial charge is 0.497 e. The number of hydrogen-bond acceptors (Lipinski definition) is 2. The smallest absolute Gasteiger partial charge is 0.410 e. The lowest BCUT2D eigenvalue weighted by Gasteiger charge is -2.01. The van der Waals surface area contributed by atoms with Crippen molar-refractivity contribution in [2.45, 2.75) is 11.1 Å². The molecule has 0 amide bonds. The zero-order valence-electron chi connectivity index (χ0n) is 7.91. The Kier molecular flexibility index (Phi) is 4.08. The number of halogens is 3. The van der Waals surface area contributed by atoms with E-state index in [1.165, 1.54) is 7.11 Å². The summed E-state index contributed by atoms with van der Waals surface area (Å²) in [6, 6.07) is 6.85. The lowest BCUT2D eigenvalue weighted by Crippen LogP contribution is -1.99. The van der Waals surface area contributed by atoms with E-state index in [1.54, 1.807) is 24.3 Å². The number of hydrogen-bond donors (Lipinski definition) is 0. The van der Waals surface area contributed by atoms with Gasteiger partial charge in [-0.2, -0.15) is 13.2 Å². The van der Waals surface area contributed by atoms with Crippen LogP contribution in [-0.2, 0) is 0 Å². The van der Waals surface area contributed by atoms with Gasteiger partial charge in [0.15, 0.2) is 0 Å². The summed E-state index contributed by atoms with van der Waals surface area (Å²) in [5.74, 6) is 0.625. The van der Waals surface area contributed by atoms with E-state index in [0.717, 1.165) is 17.2 Å². The van der Waals surface area contributed by atoms with Crippen LogP contribution in [0.25, 0.3) is 0 Å². The predicted molar refractivity (Wildman–Crippen MR) is 54.0 cm³/mol. The molecule has 1 aromatic carbocycles. The van der Waals surface area contributed by atoms with Gasteiger partial charge in [0.25, 0.3) is 0 Å². The van der Waals surface area contributed by atoms with Crippen LogP contribution < -0.4 is 4.74 Å². The molecule has 0 radical (unpaired) electrons. The van der Waals surface area contributed by atoms with Crippen LogP contribution in [0.5, 0.6) is 5.75 Å². The number of methoxy groups -OCH3 is 1. The zero-order valence-corrected chi connectivity index (χ0v) is 8.73. The Morgan fingerprint density at radius 2 is 2.07 bits per heavy atom. The molecular formula is C10H9F3OS. The molecule has 0 fully saturated rings. The van der Waals surface area contributed by atoms with Crippen LogP contribution in [0.3, 0.4) is 0 Å². The molecule has 0 bridgehead atoms. The first-order valence-electron chi connectivity index (χ1n) is 4.06. The monoisotopic (exact) mass is 234 g/mol. The van der Waals surface area contributed by atoms with E-state index in [0.29, 0.717) is 10.6 Å². The van der Waals surface area contributed by atoms with Crippen molar-refractivity contribution in [2.24, 2.45) is 0 Å². The van der Waals surface area contributed by atoms with E-state index in [4.69, 9.17) is 4.74 Å². The summed E-state index contributed by atoms with van der Waals surface area (Å²) in [5.41, 5.74) is 0. The molecule has 0 aliphatic carbocycles. The van der Waals surface area contributed by atoms with Crippen LogP contribution in [0.15, 0.2) is 40.6 Å². The van der Waals surface area contributed by atoms with Crippen LogP contribution in [0.4, 0.5) is 13.2 Å². The summed E-state index contributed by atoms with van der Waals surface area (Å²) >= 11 is 0.996. The highest BCUT2D eigenvalue weighted by Gasteiger charge is 2.21. The average Bonchev–Trinajstić information content (AvgIpc) is 2.16. The fraction of sp³-hybridized carbons (Fsp3) is 0.200. The first-order chi connectivity index (χ1) is 7.01. The van der Waals surface area contributed by atoms with Gasteiger partial charge in [-0.05, 0) is 23.6 Å². The lowest BCUT2D eigenvalue weighted by atomic mass is 10.3. The number of alkyl halides is 3. The summed E-state index contributed by atoms with van der Waals surface area (Å²) in [7, 11) is 1.51. The summed E-state index contributed by atoms with van der Waals surface area (Å²) in [6.45, 7) is 0.